The second-order valence-corrected chi connectivity index (χ2v) is 6.19. The molecular formula is C15H17N3O2S. The van der Waals surface area contributed by atoms with Crippen molar-refractivity contribution in [1.82, 2.24) is 9.88 Å². The molecule has 21 heavy (non-hydrogen) atoms. The van der Waals surface area contributed by atoms with Gasteiger partial charge in [0.2, 0.25) is 11.8 Å². The van der Waals surface area contributed by atoms with Crippen LogP contribution < -0.4 is 5.32 Å². The summed E-state index contributed by atoms with van der Waals surface area (Å²) in [6, 6.07) is 7.76. The summed E-state index contributed by atoms with van der Waals surface area (Å²) in [5, 5.41) is 3.38. The zero-order valence-corrected chi connectivity index (χ0v) is 12.5. The summed E-state index contributed by atoms with van der Waals surface area (Å²) in [6.45, 7) is 0.793. The van der Waals surface area contributed by atoms with Crippen molar-refractivity contribution < 1.29 is 9.59 Å². The molecule has 110 valence electrons. The van der Waals surface area contributed by atoms with Crippen molar-refractivity contribution in [2.24, 2.45) is 0 Å². The van der Waals surface area contributed by atoms with E-state index in [4.69, 9.17) is 0 Å². The lowest BCUT2D eigenvalue weighted by Crippen LogP contribution is -2.37. The number of hydrogen-bond donors (Lipinski definition) is 1. The molecule has 0 unspecified atom stereocenters. The highest BCUT2D eigenvalue weighted by atomic mass is 32.1. The van der Waals surface area contributed by atoms with E-state index in [1.807, 2.05) is 24.3 Å². The number of amides is 2. The van der Waals surface area contributed by atoms with Gasteiger partial charge in [0.15, 0.2) is 5.13 Å². The van der Waals surface area contributed by atoms with E-state index in [-0.39, 0.29) is 18.4 Å². The average molecular weight is 303 g/mol. The minimum absolute atomic E-state index is 0.0759. The Bertz CT molecular complexity index is 635. The van der Waals surface area contributed by atoms with E-state index in [1.54, 1.807) is 4.90 Å². The Labute approximate surface area is 127 Å². The lowest BCUT2D eigenvalue weighted by molar-refractivity contribution is -0.134. The fourth-order valence-electron chi connectivity index (χ4n) is 2.46. The molecule has 2 heterocycles. The average Bonchev–Trinajstić information content (AvgIpc) is 2.76. The molecule has 0 aliphatic carbocycles. The predicted molar refractivity (Wildman–Crippen MR) is 83.3 cm³/mol. The van der Waals surface area contributed by atoms with Gasteiger partial charge >= 0.3 is 0 Å². The number of para-hydroxylation sites is 1. The summed E-state index contributed by atoms with van der Waals surface area (Å²) >= 11 is 1.45. The Hall–Kier alpha value is -1.95. The summed E-state index contributed by atoms with van der Waals surface area (Å²) in [6.07, 6.45) is 3.51. The molecule has 1 N–H and O–H groups in total. The number of nitrogens with zero attached hydrogens (tertiary/aromatic N) is 2. The third kappa shape index (κ3) is 3.39. The standard InChI is InChI=1S/C15H17N3O2S/c19-13(10-18-9-5-1-2-8-14(18)20)17-15-16-11-6-3-4-7-12(11)21-15/h3-4,6-7H,1-2,5,8-10H2,(H,16,17,19). The van der Waals surface area contributed by atoms with Crippen molar-refractivity contribution in [2.75, 3.05) is 18.4 Å². The fourth-order valence-corrected chi connectivity index (χ4v) is 3.35. The minimum atomic E-state index is -0.177. The Kier molecular flexibility index (Phi) is 4.15. The number of thiazole rings is 1. The molecule has 0 saturated carbocycles. The van der Waals surface area contributed by atoms with Gasteiger partial charge in [0, 0.05) is 13.0 Å². The van der Waals surface area contributed by atoms with Crippen LogP contribution in [0, 0.1) is 0 Å². The number of nitrogens with one attached hydrogen (secondary N) is 1. The van der Waals surface area contributed by atoms with Crippen LogP contribution in [0.2, 0.25) is 0 Å². The number of carbonyl (C=O) groups excluding carboxylic acids is 2. The highest BCUT2D eigenvalue weighted by molar-refractivity contribution is 7.22. The molecule has 1 aliphatic rings. The van der Waals surface area contributed by atoms with Crippen molar-refractivity contribution in [3.8, 4) is 0 Å². The molecule has 0 radical (unpaired) electrons. The molecule has 0 bridgehead atoms. The molecule has 1 fully saturated rings. The number of anilines is 1. The molecule has 1 saturated heterocycles. The monoisotopic (exact) mass is 303 g/mol. The van der Waals surface area contributed by atoms with E-state index in [0.717, 1.165) is 29.5 Å². The number of rotatable bonds is 3. The Morgan fingerprint density at radius 1 is 1.29 bits per heavy atom. The molecule has 1 aliphatic heterocycles. The minimum Gasteiger partial charge on any atom is -0.333 e. The van der Waals surface area contributed by atoms with Crippen molar-refractivity contribution in [1.29, 1.82) is 0 Å². The van der Waals surface area contributed by atoms with Crippen LogP contribution in [0.15, 0.2) is 24.3 Å². The normalized spacial score (nSPS) is 16.0. The van der Waals surface area contributed by atoms with Gasteiger partial charge in [-0.2, -0.15) is 0 Å². The first-order chi connectivity index (χ1) is 10.2. The molecule has 3 rings (SSSR count). The number of fused-ring (bicyclic) bond motifs is 1. The predicted octanol–water partition coefficient (Wildman–Crippen LogP) is 2.64. The van der Waals surface area contributed by atoms with E-state index in [9.17, 15) is 9.59 Å². The second-order valence-electron chi connectivity index (χ2n) is 5.16. The van der Waals surface area contributed by atoms with E-state index < -0.39 is 0 Å². The first kappa shape index (κ1) is 14.0. The van der Waals surface area contributed by atoms with E-state index in [0.29, 0.717) is 18.1 Å². The van der Waals surface area contributed by atoms with Gasteiger partial charge in [-0.25, -0.2) is 4.98 Å². The van der Waals surface area contributed by atoms with Crippen molar-refractivity contribution in [3.05, 3.63) is 24.3 Å². The third-order valence-corrected chi connectivity index (χ3v) is 4.50. The summed E-state index contributed by atoms with van der Waals surface area (Å²) < 4.78 is 1.04. The quantitative estimate of drug-likeness (QED) is 0.948. The summed E-state index contributed by atoms with van der Waals surface area (Å²) in [7, 11) is 0. The molecule has 5 nitrogen and oxygen atoms in total. The van der Waals surface area contributed by atoms with Gasteiger partial charge in [-0.3, -0.25) is 9.59 Å². The maximum atomic E-state index is 12.1. The van der Waals surface area contributed by atoms with Crippen molar-refractivity contribution in [2.45, 2.75) is 25.7 Å². The SMILES string of the molecule is O=C(CN1CCCCCC1=O)Nc1nc2ccccc2s1. The molecule has 0 spiro atoms. The molecule has 6 heteroatoms. The van der Waals surface area contributed by atoms with E-state index in [2.05, 4.69) is 10.3 Å². The fraction of sp³-hybridized carbons (Fsp3) is 0.400. The summed E-state index contributed by atoms with van der Waals surface area (Å²) in [5.74, 6) is -0.101. The molecule has 2 amide bonds. The maximum Gasteiger partial charge on any atom is 0.245 e. The van der Waals surface area contributed by atoms with Crippen LogP contribution in [0.3, 0.4) is 0 Å². The van der Waals surface area contributed by atoms with Gasteiger partial charge in [0.1, 0.15) is 0 Å². The summed E-state index contributed by atoms with van der Waals surface area (Å²) in [4.78, 5) is 30.0. The van der Waals surface area contributed by atoms with Crippen LogP contribution in [0.4, 0.5) is 5.13 Å². The van der Waals surface area contributed by atoms with Crippen LogP contribution in [0.1, 0.15) is 25.7 Å². The zero-order valence-electron chi connectivity index (χ0n) is 11.7. The number of hydrogen-bond acceptors (Lipinski definition) is 4. The topological polar surface area (TPSA) is 62.3 Å². The summed E-state index contributed by atoms with van der Waals surface area (Å²) in [5.41, 5.74) is 0.878. The Morgan fingerprint density at radius 3 is 3.00 bits per heavy atom. The number of benzene rings is 1. The number of likely N-dealkylation sites (tertiary alicyclic amines) is 1. The van der Waals surface area contributed by atoms with Gasteiger partial charge in [-0.1, -0.05) is 29.9 Å². The van der Waals surface area contributed by atoms with Gasteiger partial charge in [0.05, 0.1) is 16.8 Å². The second kappa shape index (κ2) is 6.22. The van der Waals surface area contributed by atoms with E-state index in [1.165, 1.54) is 11.3 Å². The molecule has 1 aromatic heterocycles. The third-order valence-electron chi connectivity index (χ3n) is 3.55. The largest absolute Gasteiger partial charge is 0.333 e. The first-order valence-electron chi connectivity index (χ1n) is 7.15. The van der Waals surface area contributed by atoms with Crippen LogP contribution in [0.25, 0.3) is 10.2 Å². The maximum absolute atomic E-state index is 12.1. The molecule has 2 aromatic rings. The molecule has 1 aromatic carbocycles. The zero-order chi connectivity index (χ0) is 14.7. The Balaban J connectivity index is 1.64. The Morgan fingerprint density at radius 2 is 2.14 bits per heavy atom. The van der Waals surface area contributed by atoms with Gasteiger partial charge < -0.3 is 10.2 Å². The number of carbonyl (C=O) groups is 2. The molecule has 0 atom stereocenters. The van der Waals surface area contributed by atoms with Crippen molar-refractivity contribution in [3.63, 3.8) is 0 Å². The van der Waals surface area contributed by atoms with Crippen LogP contribution >= 0.6 is 11.3 Å². The van der Waals surface area contributed by atoms with Gasteiger partial charge in [0.25, 0.3) is 0 Å². The van der Waals surface area contributed by atoms with Crippen LogP contribution in [-0.2, 0) is 9.59 Å². The van der Waals surface area contributed by atoms with Crippen LogP contribution in [0.5, 0.6) is 0 Å². The highest BCUT2D eigenvalue weighted by Gasteiger charge is 2.19. The van der Waals surface area contributed by atoms with Gasteiger partial charge in [-0.15, -0.1) is 0 Å². The van der Waals surface area contributed by atoms with E-state index >= 15 is 0 Å². The van der Waals surface area contributed by atoms with Gasteiger partial charge in [-0.05, 0) is 25.0 Å². The smallest absolute Gasteiger partial charge is 0.245 e. The highest BCUT2D eigenvalue weighted by Crippen LogP contribution is 2.25. The lowest BCUT2D eigenvalue weighted by Gasteiger charge is -2.19. The number of aromatic nitrogens is 1. The lowest BCUT2D eigenvalue weighted by atomic mass is 10.2. The first-order valence-corrected chi connectivity index (χ1v) is 7.97. The molecular weight excluding hydrogens is 286 g/mol. The van der Waals surface area contributed by atoms with Crippen LogP contribution in [-0.4, -0.2) is 34.8 Å². The van der Waals surface area contributed by atoms with Crippen molar-refractivity contribution >= 4 is 38.5 Å².